The van der Waals surface area contributed by atoms with Gasteiger partial charge in [-0.3, -0.25) is 0 Å². The summed E-state index contributed by atoms with van der Waals surface area (Å²) in [7, 11) is 0. The molecule has 56 valence electrons. The van der Waals surface area contributed by atoms with E-state index in [1.54, 1.807) is 0 Å². The summed E-state index contributed by atoms with van der Waals surface area (Å²) < 4.78 is 5.63. The van der Waals surface area contributed by atoms with Gasteiger partial charge in [-0.15, -0.1) is 0 Å². The van der Waals surface area contributed by atoms with Gasteiger partial charge in [-0.1, -0.05) is 0 Å². The average Bonchev–Trinajstić information content (AvgIpc) is 2.07. The fourth-order valence-corrected chi connectivity index (χ4v) is 0.510. The first-order valence-electron chi connectivity index (χ1n) is 4.08. The van der Waals surface area contributed by atoms with E-state index in [1.807, 2.05) is 0 Å². The van der Waals surface area contributed by atoms with Crippen molar-refractivity contribution < 1.29 is 4.74 Å². The van der Waals surface area contributed by atoms with E-state index in [9.17, 15) is 0 Å². The molecule has 1 rings (SSSR count). The van der Waals surface area contributed by atoms with Gasteiger partial charge in [-0.2, -0.15) is 0 Å². The van der Waals surface area contributed by atoms with Crippen LogP contribution >= 0.6 is 0 Å². The van der Waals surface area contributed by atoms with Crippen LogP contribution in [0.15, 0.2) is 0 Å². The SMILES string of the molecule is C1CCOC1.C[C](C)(C)[K]. The Labute approximate surface area is 98.5 Å². The van der Waals surface area contributed by atoms with Gasteiger partial charge in [-0.05, 0) is 12.8 Å². The van der Waals surface area contributed by atoms with Crippen LogP contribution in [-0.4, -0.2) is 62.2 Å². The van der Waals surface area contributed by atoms with Crippen molar-refractivity contribution >= 4 is 49.0 Å². The molecular weight excluding hydrogens is 151 g/mol. The Hall–Kier alpha value is 1.60. The molecule has 0 atom stereocenters. The second-order valence-corrected chi connectivity index (χ2v) is 9.00. The fraction of sp³-hybridized carbons (Fsp3) is 1.00. The van der Waals surface area contributed by atoms with Crippen molar-refractivity contribution in [3.05, 3.63) is 0 Å². The molecule has 0 unspecified atom stereocenters. The molecule has 1 aliphatic rings. The van der Waals surface area contributed by atoms with Crippen molar-refractivity contribution in [2.45, 2.75) is 33.1 Å². The van der Waals surface area contributed by atoms with Crippen molar-refractivity contribution in [1.29, 1.82) is 0 Å². The first kappa shape index (κ1) is 11.6. The minimum absolute atomic E-state index is 0.688. The Morgan fingerprint density at radius 1 is 1.10 bits per heavy atom. The molecule has 1 heterocycles. The zero-order chi connectivity index (χ0) is 8.04. The van der Waals surface area contributed by atoms with Gasteiger partial charge >= 0.3 is 69.2 Å². The van der Waals surface area contributed by atoms with Gasteiger partial charge in [0.2, 0.25) is 0 Å². The van der Waals surface area contributed by atoms with E-state index in [0.29, 0.717) is -0.490 Å². The molecule has 0 aromatic heterocycles. The Bertz CT molecular complexity index is 58.2. The van der Waals surface area contributed by atoms with Crippen molar-refractivity contribution in [3.8, 4) is 0 Å². The van der Waals surface area contributed by atoms with Crippen LogP contribution in [0.5, 0.6) is 0 Å². The number of ether oxygens (including phenoxy) is 1. The molecule has 1 aliphatic heterocycles. The summed E-state index contributed by atoms with van der Waals surface area (Å²) in [6, 6.07) is 0. The average molecular weight is 168 g/mol. The predicted octanol–water partition coefficient (Wildman–Crippen LogP) is 2.17. The number of hydrogen-bond donors (Lipinski definition) is 0. The maximum atomic E-state index is 4.94. The van der Waals surface area contributed by atoms with Gasteiger partial charge < -0.3 is 4.74 Å². The Morgan fingerprint density at radius 2 is 1.40 bits per heavy atom. The summed E-state index contributed by atoms with van der Waals surface area (Å²) in [6.07, 6.45) is 2.56. The van der Waals surface area contributed by atoms with E-state index in [1.165, 1.54) is 12.8 Å². The molecular formula is C8H17KO. The maximum absolute atomic E-state index is 4.94. The molecule has 1 saturated heterocycles. The van der Waals surface area contributed by atoms with E-state index in [-0.39, 0.29) is 0 Å². The number of rotatable bonds is 0. The quantitative estimate of drug-likeness (QED) is 0.504. The van der Waals surface area contributed by atoms with Crippen LogP contribution in [0.3, 0.4) is 0 Å². The molecule has 0 bridgehead atoms. The molecule has 0 aromatic rings. The third-order valence-electron chi connectivity index (χ3n) is 0.827. The van der Waals surface area contributed by atoms with Gasteiger partial charge in [-0.25, -0.2) is 0 Å². The fourth-order valence-electron chi connectivity index (χ4n) is 0.510. The van der Waals surface area contributed by atoms with Crippen LogP contribution in [0.4, 0.5) is 0 Å². The van der Waals surface area contributed by atoms with Gasteiger partial charge in [0.1, 0.15) is 0 Å². The van der Waals surface area contributed by atoms with Gasteiger partial charge in [0.15, 0.2) is 0 Å². The molecule has 0 amide bonds. The molecule has 10 heavy (non-hydrogen) atoms. The van der Waals surface area contributed by atoms with Gasteiger partial charge in [0, 0.05) is 13.2 Å². The molecule has 0 saturated carbocycles. The molecule has 1 nitrogen and oxygen atoms in total. The molecule has 0 spiro atoms. The summed E-state index contributed by atoms with van der Waals surface area (Å²) in [5.74, 6) is 0. The van der Waals surface area contributed by atoms with E-state index in [4.69, 9.17) is 4.74 Å². The van der Waals surface area contributed by atoms with Crippen LogP contribution in [-0.2, 0) is 4.74 Å². The van der Waals surface area contributed by atoms with Crippen molar-refractivity contribution in [2.75, 3.05) is 13.2 Å². The van der Waals surface area contributed by atoms with E-state index >= 15 is 0 Å². The third-order valence-corrected chi connectivity index (χ3v) is 0.827. The zero-order valence-electron chi connectivity index (χ0n) is 7.74. The van der Waals surface area contributed by atoms with Crippen molar-refractivity contribution in [3.63, 3.8) is 0 Å². The molecule has 0 radical (unpaired) electrons. The summed E-state index contributed by atoms with van der Waals surface area (Å²) in [5.41, 5.74) is 0. The molecule has 2 heteroatoms. The molecule has 0 aliphatic carbocycles. The van der Waals surface area contributed by atoms with E-state index in [0.717, 1.165) is 62.2 Å². The zero-order valence-corrected chi connectivity index (χ0v) is 10.9. The minimum atomic E-state index is 0.688. The van der Waals surface area contributed by atoms with E-state index < -0.39 is 0 Å². The normalized spacial score (nSPS) is 18.1. The molecule has 1 fully saturated rings. The van der Waals surface area contributed by atoms with Crippen LogP contribution in [0, 0.1) is 0 Å². The summed E-state index contributed by atoms with van der Waals surface area (Å²) in [5, 5.41) is 0. The van der Waals surface area contributed by atoms with Crippen LogP contribution in [0.2, 0.25) is -0.490 Å². The Kier molecular flexibility index (Phi) is 7.13. The van der Waals surface area contributed by atoms with Crippen LogP contribution in [0.25, 0.3) is 0 Å². The predicted molar refractivity (Wildman–Crippen MR) is 45.5 cm³/mol. The van der Waals surface area contributed by atoms with Crippen molar-refractivity contribution in [2.24, 2.45) is 0 Å². The summed E-state index contributed by atoms with van der Waals surface area (Å²) in [4.78, 5) is 0. The first-order valence-corrected chi connectivity index (χ1v) is 5.64. The summed E-state index contributed by atoms with van der Waals surface area (Å²) in [6.45, 7) is 8.81. The van der Waals surface area contributed by atoms with Crippen molar-refractivity contribution in [1.82, 2.24) is 0 Å². The topological polar surface area (TPSA) is 9.23 Å². The monoisotopic (exact) mass is 168 g/mol. The number of hydrogen-bond acceptors (Lipinski definition) is 1. The van der Waals surface area contributed by atoms with Gasteiger partial charge in [0.05, 0.1) is 0 Å². The Morgan fingerprint density at radius 3 is 1.50 bits per heavy atom. The van der Waals surface area contributed by atoms with Crippen LogP contribution < -0.4 is 0 Å². The molecule has 0 N–H and O–H groups in total. The van der Waals surface area contributed by atoms with E-state index in [2.05, 4.69) is 20.8 Å². The Balaban J connectivity index is 0.000000162. The first-order chi connectivity index (χ1) is 4.50. The summed E-state index contributed by atoms with van der Waals surface area (Å²) >= 11 is 1.00. The van der Waals surface area contributed by atoms with Crippen LogP contribution in [0.1, 0.15) is 33.6 Å². The third kappa shape index (κ3) is 16.3. The standard InChI is InChI=1S/C4H8O.C4H9.K/c1-2-4-5-3-1;1-4(2)3;/h1-4H2;1-3H3;. The second-order valence-electron chi connectivity index (χ2n) is 4.32. The van der Waals surface area contributed by atoms with Gasteiger partial charge in [0.25, 0.3) is 0 Å². The second kappa shape index (κ2) is 6.15. The molecule has 0 aromatic carbocycles.